The summed E-state index contributed by atoms with van der Waals surface area (Å²) in [5, 5.41) is 5.51. The second-order valence-corrected chi connectivity index (χ2v) is 5.25. The maximum atomic E-state index is 12.3. The number of aromatic nitrogens is 2. The number of rotatable bonds is 5. The molecular weight excluding hydrogens is 316 g/mol. The molecule has 0 fully saturated rings. The zero-order valence-electron chi connectivity index (χ0n) is 13.3. The van der Waals surface area contributed by atoms with Gasteiger partial charge in [-0.1, -0.05) is 24.3 Å². The van der Waals surface area contributed by atoms with Crippen LogP contribution in [-0.4, -0.2) is 21.8 Å². The van der Waals surface area contributed by atoms with Crippen LogP contribution in [0.25, 0.3) is 0 Å². The Kier molecular flexibility index (Phi) is 5.11. The van der Waals surface area contributed by atoms with Crippen molar-refractivity contribution in [3.8, 4) is 0 Å². The van der Waals surface area contributed by atoms with Gasteiger partial charge in [-0.3, -0.25) is 19.6 Å². The lowest BCUT2D eigenvalue weighted by Gasteiger charge is -2.07. The van der Waals surface area contributed by atoms with Gasteiger partial charge >= 0.3 is 0 Å². The lowest BCUT2D eigenvalue weighted by Crippen LogP contribution is -2.24. The van der Waals surface area contributed by atoms with E-state index < -0.39 is 0 Å². The van der Waals surface area contributed by atoms with Crippen LogP contribution < -0.4 is 10.6 Å². The molecule has 0 aliphatic carbocycles. The van der Waals surface area contributed by atoms with Crippen molar-refractivity contribution in [3.63, 3.8) is 0 Å². The number of anilines is 1. The average Bonchev–Trinajstić information content (AvgIpc) is 2.68. The summed E-state index contributed by atoms with van der Waals surface area (Å²) in [4.78, 5) is 32.7. The Balaban J connectivity index is 1.66. The molecule has 124 valence electrons. The summed E-state index contributed by atoms with van der Waals surface area (Å²) in [6, 6.07) is 17.6. The highest BCUT2D eigenvalue weighted by Gasteiger charge is 2.12. The minimum absolute atomic E-state index is 0.177. The average molecular weight is 332 g/mol. The van der Waals surface area contributed by atoms with Crippen LogP contribution in [0.3, 0.4) is 0 Å². The number of hydrogen-bond donors (Lipinski definition) is 2. The number of nitrogens with zero attached hydrogens (tertiary/aromatic N) is 2. The van der Waals surface area contributed by atoms with E-state index in [1.807, 2.05) is 36.4 Å². The minimum Gasteiger partial charge on any atom is -0.345 e. The Morgan fingerprint density at radius 3 is 2.40 bits per heavy atom. The van der Waals surface area contributed by atoms with Crippen LogP contribution in [0.2, 0.25) is 0 Å². The highest BCUT2D eigenvalue weighted by atomic mass is 16.2. The third-order valence-electron chi connectivity index (χ3n) is 3.44. The zero-order valence-corrected chi connectivity index (χ0v) is 13.3. The number of amides is 2. The Morgan fingerprint density at radius 2 is 1.64 bits per heavy atom. The van der Waals surface area contributed by atoms with E-state index in [1.54, 1.807) is 24.4 Å². The molecule has 2 heterocycles. The van der Waals surface area contributed by atoms with Crippen LogP contribution in [0.4, 0.5) is 5.69 Å². The smallest absolute Gasteiger partial charge is 0.270 e. The molecule has 0 radical (unpaired) electrons. The molecule has 6 heteroatoms. The Hall–Kier alpha value is -3.54. The van der Waals surface area contributed by atoms with Gasteiger partial charge in [0.15, 0.2) is 0 Å². The summed E-state index contributed by atoms with van der Waals surface area (Å²) in [5.41, 5.74) is 1.97. The number of carbonyl (C=O) groups excluding carboxylic acids is 2. The first-order valence-electron chi connectivity index (χ1n) is 7.73. The maximum Gasteiger partial charge on any atom is 0.270 e. The molecule has 2 amide bonds. The highest BCUT2D eigenvalue weighted by Crippen LogP contribution is 2.09. The number of benzene rings is 1. The molecule has 3 rings (SSSR count). The van der Waals surface area contributed by atoms with Crippen LogP contribution in [0, 0.1) is 0 Å². The molecule has 0 bridgehead atoms. The zero-order chi connectivity index (χ0) is 17.5. The number of para-hydroxylation sites is 1. The van der Waals surface area contributed by atoms with E-state index in [1.165, 1.54) is 12.3 Å². The highest BCUT2D eigenvalue weighted by molar-refractivity contribution is 6.05. The predicted molar refractivity (Wildman–Crippen MR) is 94.0 cm³/mol. The van der Waals surface area contributed by atoms with E-state index in [4.69, 9.17) is 0 Å². The molecule has 0 spiro atoms. The summed E-state index contributed by atoms with van der Waals surface area (Å²) in [6.07, 6.45) is 3.10. The number of nitrogens with one attached hydrogen (secondary N) is 2. The van der Waals surface area contributed by atoms with Crippen molar-refractivity contribution < 1.29 is 9.59 Å². The van der Waals surface area contributed by atoms with Gasteiger partial charge in [0, 0.05) is 23.6 Å². The molecule has 1 aromatic carbocycles. The van der Waals surface area contributed by atoms with Gasteiger partial charge in [-0.05, 0) is 36.4 Å². The topological polar surface area (TPSA) is 84.0 Å². The van der Waals surface area contributed by atoms with Crippen molar-refractivity contribution in [1.29, 1.82) is 0 Å². The molecule has 3 aromatic rings. The molecule has 0 atom stereocenters. The molecule has 0 unspecified atom stereocenters. The molecule has 0 saturated carbocycles. The fraction of sp³-hybridized carbons (Fsp3) is 0.0526. The van der Waals surface area contributed by atoms with Crippen LogP contribution in [-0.2, 0) is 6.54 Å². The molecule has 0 saturated heterocycles. The molecule has 2 aromatic heterocycles. The van der Waals surface area contributed by atoms with Crippen molar-refractivity contribution in [1.82, 2.24) is 15.3 Å². The Labute approximate surface area is 145 Å². The first kappa shape index (κ1) is 16.3. The molecule has 0 aliphatic rings. The largest absolute Gasteiger partial charge is 0.345 e. The van der Waals surface area contributed by atoms with Crippen molar-refractivity contribution >= 4 is 17.5 Å². The standard InChI is InChI=1S/C19H16N4O2/c24-18(23-15-6-2-1-3-7-15)14-9-11-21-17(12-14)19(25)22-13-16-8-4-5-10-20-16/h1-12H,13H2,(H,22,25)(H,23,24). The summed E-state index contributed by atoms with van der Waals surface area (Å²) in [7, 11) is 0. The first-order chi connectivity index (χ1) is 12.2. The van der Waals surface area contributed by atoms with Crippen LogP contribution in [0.1, 0.15) is 26.5 Å². The number of hydrogen-bond acceptors (Lipinski definition) is 4. The normalized spacial score (nSPS) is 10.1. The summed E-state index contributed by atoms with van der Waals surface area (Å²) >= 11 is 0. The van der Waals surface area contributed by atoms with Crippen LogP contribution >= 0.6 is 0 Å². The van der Waals surface area contributed by atoms with Crippen molar-refractivity contribution in [2.24, 2.45) is 0 Å². The van der Waals surface area contributed by atoms with Gasteiger partial charge in [-0.15, -0.1) is 0 Å². The summed E-state index contributed by atoms with van der Waals surface area (Å²) < 4.78 is 0. The van der Waals surface area contributed by atoms with E-state index >= 15 is 0 Å². The lowest BCUT2D eigenvalue weighted by molar-refractivity contribution is 0.0945. The quantitative estimate of drug-likeness (QED) is 0.752. The van der Waals surface area contributed by atoms with E-state index in [0.29, 0.717) is 17.8 Å². The number of pyridine rings is 2. The van der Waals surface area contributed by atoms with E-state index in [2.05, 4.69) is 20.6 Å². The molecular formula is C19H16N4O2. The van der Waals surface area contributed by atoms with Crippen molar-refractivity contribution in [2.45, 2.75) is 6.54 Å². The second-order valence-electron chi connectivity index (χ2n) is 5.25. The Morgan fingerprint density at radius 1 is 0.840 bits per heavy atom. The van der Waals surface area contributed by atoms with E-state index in [-0.39, 0.29) is 17.5 Å². The van der Waals surface area contributed by atoms with Gasteiger partial charge in [0.2, 0.25) is 0 Å². The second kappa shape index (κ2) is 7.83. The van der Waals surface area contributed by atoms with E-state index in [9.17, 15) is 9.59 Å². The van der Waals surface area contributed by atoms with Gasteiger partial charge in [-0.25, -0.2) is 0 Å². The first-order valence-corrected chi connectivity index (χ1v) is 7.73. The van der Waals surface area contributed by atoms with Crippen LogP contribution in [0.5, 0.6) is 0 Å². The molecule has 6 nitrogen and oxygen atoms in total. The minimum atomic E-state index is -0.361. The fourth-order valence-corrected chi connectivity index (χ4v) is 2.18. The predicted octanol–water partition coefficient (Wildman–Crippen LogP) is 2.66. The third kappa shape index (κ3) is 4.48. The number of carbonyl (C=O) groups is 2. The van der Waals surface area contributed by atoms with E-state index in [0.717, 1.165) is 5.69 Å². The van der Waals surface area contributed by atoms with Gasteiger partial charge < -0.3 is 10.6 Å². The summed E-state index contributed by atoms with van der Waals surface area (Å²) in [5.74, 6) is -0.660. The summed E-state index contributed by atoms with van der Waals surface area (Å²) in [6.45, 7) is 0.293. The monoisotopic (exact) mass is 332 g/mol. The van der Waals surface area contributed by atoms with Gasteiger partial charge in [-0.2, -0.15) is 0 Å². The van der Waals surface area contributed by atoms with Crippen molar-refractivity contribution in [3.05, 3.63) is 90.0 Å². The molecule has 25 heavy (non-hydrogen) atoms. The molecule has 2 N–H and O–H groups in total. The Bertz CT molecular complexity index is 867. The third-order valence-corrected chi connectivity index (χ3v) is 3.44. The maximum absolute atomic E-state index is 12.3. The SMILES string of the molecule is O=C(Nc1ccccc1)c1ccnc(C(=O)NCc2ccccn2)c1. The van der Waals surface area contributed by atoms with Gasteiger partial charge in [0.1, 0.15) is 5.69 Å². The molecule has 0 aliphatic heterocycles. The van der Waals surface area contributed by atoms with Gasteiger partial charge in [0.25, 0.3) is 11.8 Å². The van der Waals surface area contributed by atoms with Gasteiger partial charge in [0.05, 0.1) is 12.2 Å². The fourth-order valence-electron chi connectivity index (χ4n) is 2.18. The lowest BCUT2D eigenvalue weighted by atomic mass is 10.2. The van der Waals surface area contributed by atoms with Crippen molar-refractivity contribution in [2.75, 3.05) is 5.32 Å². The van der Waals surface area contributed by atoms with Crippen LogP contribution in [0.15, 0.2) is 73.1 Å².